The molecule has 2 aromatic rings. The molecule has 0 unspecified atom stereocenters. The van der Waals surface area contributed by atoms with Crippen LogP contribution in [0.2, 0.25) is 0 Å². The Morgan fingerprint density at radius 3 is 3.00 bits per heavy atom. The number of carbonyl (C=O) groups is 1. The van der Waals surface area contributed by atoms with Crippen LogP contribution in [-0.4, -0.2) is 22.7 Å². The van der Waals surface area contributed by atoms with E-state index in [0.29, 0.717) is 11.3 Å². The Labute approximate surface area is 104 Å². The van der Waals surface area contributed by atoms with Crippen LogP contribution in [0.1, 0.15) is 23.1 Å². The van der Waals surface area contributed by atoms with Gasteiger partial charge in [0.25, 0.3) is 11.7 Å². The molecule has 18 heavy (non-hydrogen) atoms. The molecular formula is C12H13N3O3. The minimum absolute atomic E-state index is 0.104. The van der Waals surface area contributed by atoms with Crippen molar-refractivity contribution in [2.75, 3.05) is 12.3 Å². The summed E-state index contributed by atoms with van der Waals surface area (Å²) in [6.45, 7) is 3.84. The van der Waals surface area contributed by atoms with E-state index >= 15 is 0 Å². The van der Waals surface area contributed by atoms with Crippen molar-refractivity contribution in [1.82, 2.24) is 10.1 Å². The lowest BCUT2D eigenvalue weighted by Gasteiger charge is -2.02. The number of nitrogens with two attached hydrogens (primary N) is 1. The van der Waals surface area contributed by atoms with Crippen molar-refractivity contribution in [2.45, 2.75) is 13.8 Å². The van der Waals surface area contributed by atoms with Gasteiger partial charge in [-0.15, -0.1) is 0 Å². The maximum atomic E-state index is 11.4. The Kier molecular flexibility index (Phi) is 3.27. The second-order valence-electron chi connectivity index (χ2n) is 3.68. The summed E-state index contributed by atoms with van der Waals surface area (Å²) in [6.07, 6.45) is 0. The molecule has 0 radical (unpaired) electrons. The second kappa shape index (κ2) is 4.87. The van der Waals surface area contributed by atoms with Crippen molar-refractivity contribution in [3.8, 4) is 11.5 Å². The van der Waals surface area contributed by atoms with Gasteiger partial charge in [0.05, 0.1) is 12.2 Å². The smallest absolute Gasteiger partial charge is 0.379 e. The van der Waals surface area contributed by atoms with Gasteiger partial charge in [0.15, 0.2) is 0 Å². The zero-order valence-electron chi connectivity index (χ0n) is 10.1. The van der Waals surface area contributed by atoms with Crippen LogP contribution < -0.4 is 5.73 Å². The molecule has 0 atom stereocenters. The Hall–Kier alpha value is -2.37. The maximum absolute atomic E-state index is 11.4. The summed E-state index contributed by atoms with van der Waals surface area (Å²) in [5.41, 5.74) is 7.98. The van der Waals surface area contributed by atoms with E-state index < -0.39 is 5.97 Å². The Balaban J connectivity index is 2.35. The number of benzene rings is 1. The van der Waals surface area contributed by atoms with Gasteiger partial charge in [-0.3, -0.25) is 0 Å². The standard InChI is InChI=1S/C12H13N3O3/c1-3-17-12(16)10-14-11(18-15-10)8-6-4-5-7(2)9(8)13/h4-6H,3,13H2,1-2H3. The highest BCUT2D eigenvalue weighted by Gasteiger charge is 2.18. The average Bonchev–Trinajstić information content (AvgIpc) is 2.82. The number of aryl methyl sites for hydroxylation is 1. The van der Waals surface area contributed by atoms with E-state index in [2.05, 4.69) is 10.1 Å². The van der Waals surface area contributed by atoms with Crippen LogP contribution in [0, 0.1) is 6.92 Å². The zero-order chi connectivity index (χ0) is 13.1. The van der Waals surface area contributed by atoms with Crippen LogP contribution in [0.5, 0.6) is 0 Å². The van der Waals surface area contributed by atoms with Gasteiger partial charge in [0.1, 0.15) is 0 Å². The van der Waals surface area contributed by atoms with E-state index in [0.717, 1.165) is 5.56 Å². The molecule has 0 amide bonds. The number of carbonyl (C=O) groups excluding carboxylic acids is 1. The van der Waals surface area contributed by atoms with Gasteiger partial charge >= 0.3 is 5.97 Å². The molecule has 0 aliphatic carbocycles. The number of hydrogen-bond acceptors (Lipinski definition) is 6. The van der Waals surface area contributed by atoms with Crippen molar-refractivity contribution in [2.24, 2.45) is 0 Å². The fourth-order valence-corrected chi connectivity index (χ4v) is 1.48. The molecule has 1 aromatic carbocycles. The first kappa shape index (κ1) is 12.1. The van der Waals surface area contributed by atoms with Crippen molar-refractivity contribution in [3.05, 3.63) is 29.6 Å². The topological polar surface area (TPSA) is 91.2 Å². The first-order valence-electron chi connectivity index (χ1n) is 5.49. The minimum atomic E-state index is -0.612. The zero-order valence-corrected chi connectivity index (χ0v) is 10.1. The molecule has 94 valence electrons. The summed E-state index contributed by atoms with van der Waals surface area (Å²) in [7, 11) is 0. The van der Waals surface area contributed by atoms with E-state index in [4.69, 9.17) is 15.0 Å². The molecule has 0 bridgehead atoms. The molecule has 0 fully saturated rings. The van der Waals surface area contributed by atoms with Gasteiger partial charge < -0.3 is 15.0 Å². The largest absolute Gasteiger partial charge is 0.460 e. The molecule has 2 rings (SSSR count). The molecule has 6 heteroatoms. The van der Waals surface area contributed by atoms with E-state index in [1.807, 2.05) is 19.1 Å². The van der Waals surface area contributed by atoms with Gasteiger partial charge in [-0.2, -0.15) is 4.98 Å². The van der Waals surface area contributed by atoms with Crippen molar-refractivity contribution < 1.29 is 14.1 Å². The SMILES string of the molecule is CCOC(=O)c1noc(-c2cccc(C)c2N)n1. The minimum Gasteiger partial charge on any atom is -0.460 e. The molecular weight excluding hydrogens is 234 g/mol. The third kappa shape index (κ3) is 2.17. The monoisotopic (exact) mass is 247 g/mol. The summed E-state index contributed by atoms with van der Waals surface area (Å²) in [5.74, 6) is -0.509. The number of nitrogens with zero attached hydrogens (tertiary/aromatic N) is 2. The molecule has 2 N–H and O–H groups in total. The van der Waals surface area contributed by atoms with Gasteiger partial charge in [-0.1, -0.05) is 12.1 Å². The van der Waals surface area contributed by atoms with E-state index in [9.17, 15) is 4.79 Å². The molecule has 0 saturated heterocycles. The highest BCUT2D eigenvalue weighted by molar-refractivity contribution is 5.85. The van der Waals surface area contributed by atoms with Crippen molar-refractivity contribution >= 4 is 11.7 Å². The molecule has 0 aliphatic rings. The fourth-order valence-electron chi connectivity index (χ4n) is 1.48. The molecule has 0 aliphatic heterocycles. The number of aromatic nitrogens is 2. The van der Waals surface area contributed by atoms with Gasteiger partial charge in [0, 0.05) is 5.69 Å². The number of nitrogen functional groups attached to an aromatic ring is 1. The van der Waals surface area contributed by atoms with Crippen LogP contribution in [-0.2, 0) is 4.74 Å². The van der Waals surface area contributed by atoms with E-state index in [-0.39, 0.29) is 18.3 Å². The predicted molar refractivity (Wildman–Crippen MR) is 64.8 cm³/mol. The van der Waals surface area contributed by atoms with Gasteiger partial charge in [-0.05, 0) is 30.6 Å². The summed E-state index contributed by atoms with van der Waals surface area (Å²) < 4.78 is 9.79. The van der Waals surface area contributed by atoms with Crippen LogP contribution in [0.4, 0.5) is 5.69 Å². The number of para-hydroxylation sites is 1. The first-order valence-corrected chi connectivity index (χ1v) is 5.49. The Bertz CT molecular complexity index is 578. The Morgan fingerprint density at radius 2 is 2.28 bits per heavy atom. The molecule has 0 saturated carbocycles. The first-order chi connectivity index (χ1) is 8.63. The Morgan fingerprint density at radius 1 is 1.50 bits per heavy atom. The van der Waals surface area contributed by atoms with Crippen molar-refractivity contribution in [1.29, 1.82) is 0 Å². The summed E-state index contributed by atoms with van der Waals surface area (Å²) in [5, 5.41) is 3.57. The third-order valence-corrected chi connectivity index (χ3v) is 2.44. The van der Waals surface area contributed by atoms with Gasteiger partial charge in [-0.25, -0.2) is 4.79 Å². The lowest BCUT2D eigenvalue weighted by molar-refractivity contribution is 0.0508. The molecule has 1 aromatic heterocycles. The molecule has 1 heterocycles. The molecule has 0 spiro atoms. The highest BCUT2D eigenvalue weighted by Crippen LogP contribution is 2.26. The summed E-state index contributed by atoms with van der Waals surface area (Å²) >= 11 is 0. The highest BCUT2D eigenvalue weighted by atomic mass is 16.5. The van der Waals surface area contributed by atoms with Gasteiger partial charge in [0.2, 0.25) is 0 Å². The maximum Gasteiger partial charge on any atom is 0.379 e. The number of rotatable bonds is 3. The quantitative estimate of drug-likeness (QED) is 0.656. The third-order valence-electron chi connectivity index (χ3n) is 2.44. The van der Waals surface area contributed by atoms with Crippen molar-refractivity contribution in [3.63, 3.8) is 0 Å². The van der Waals surface area contributed by atoms with E-state index in [1.54, 1.807) is 13.0 Å². The summed E-state index contributed by atoms with van der Waals surface area (Å²) in [4.78, 5) is 15.4. The van der Waals surface area contributed by atoms with Crippen LogP contribution in [0.15, 0.2) is 22.7 Å². The van der Waals surface area contributed by atoms with Crippen LogP contribution >= 0.6 is 0 Å². The van der Waals surface area contributed by atoms with Crippen LogP contribution in [0.3, 0.4) is 0 Å². The second-order valence-corrected chi connectivity index (χ2v) is 3.68. The number of ether oxygens (including phenoxy) is 1. The van der Waals surface area contributed by atoms with Crippen LogP contribution in [0.25, 0.3) is 11.5 Å². The average molecular weight is 247 g/mol. The number of esters is 1. The number of hydrogen-bond donors (Lipinski definition) is 1. The summed E-state index contributed by atoms with van der Waals surface area (Å²) in [6, 6.07) is 5.46. The number of anilines is 1. The molecule has 6 nitrogen and oxygen atoms in total. The normalized spacial score (nSPS) is 10.3. The van der Waals surface area contributed by atoms with E-state index in [1.165, 1.54) is 0 Å². The predicted octanol–water partition coefficient (Wildman–Crippen LogP) is 1.80. The lowest BCUT2D eigenvalue weighted by atomic mass is 10.1. The lowest BCUT2D eigenvalue weighted by Crippen LogP contribution is -2.06. The fraction of sp³-hybridized carbons (Fsp3) is 0.250.